The van der Waals surface area contributed by atoms with Crippen LogP contribution in [-0.2, 0) is 4.74 Å². The summed E-state index contributed by atoms with van der Waals surface area (Å²) in [5, 5.41) is 10.4. The first-order valence-electron chi connectivity index (χ1n) is 4.15. The molecule has 0 heterocycles. The second kappa shape index (κ2) is 6.07. The minimum atomic E-state index is -0.547. The smallest absolute Gasteiger partial charge is 0.339 e. The molecule has 0 fully saturated rings. The fourth-order valence-electron chi connectivity index (χ4n) is 0.931. The van der Waals surface area contributed by atoms with Gasteiger partial charge in [-0.25, -0.2) is 4.79 Å². The summed E-state index contributed by atoms with van der Waals surface area (Å²) in [5.74, 6) is 2.02. The maximum absolute atomic E-state index is 11.3. The van der Waals surface area contributed by atoms with E-state index in [2.05, 4.69) is 9.85 Å². The molecular formula is C10H6INO4. The van der Waals surface area contributed by atoms with Crippen LogP contribution in [0.15, 0.2) is 24.3 Å². The molecule has 0 radical (unpaired) electrons. The van der Waals surface area contributed by atoms with Gasteiger partial charge >= 0.3 is 5.97 Å². The van der Waals surface area contributed by atoms with Crippen molar-refractivity contribution >= 4 is 34.2 Å². The van der Waals surface area contributed by atoms with Crippen LogP contribution < -0.4 is 0 Å². The van der Waals surface area contributed by atoms with Crippen LogP contribution in [0.1, 0.15) is 10.4 Å². The maximum Gasteiger partial charge on any atom is 0.339 e. The van der Waals surface area contributed by atoms with Crippen LogP contribution >= 0.6 is 22.6 Å². The summed E-state index contributed by atoms with van der Waals surface area (Å²) in [5.41, 5.74) is 0.199. The molecule has 16 heavy (non-hydrogen) atoms. The Morgan fingerprint density at radius 2 is 2.06 bits per heavy atom. The number of benzene rings is 1. The average molecular weight is 331 g/mol. The van der Waals surface area contributed by atoms with Gasteiger partial charge in [-0.2, -0.15) is 0 Å². The highest BCUT2D eigenvalue weighted by Crippen LogP contribution is 2.12. The quantitative estimate of drug-likeness (QED) is 0.280. The highest BCUT2D eigenvalue weighted by atomic mass is 127. The number of halogens is 1. The van der Waals surface area contributed by atoms with E-state index in [1.165, 1.54) is 24.3 Å². The molecule has 0 atom stereocenters. The zero-order valence-corrected chi connectivity index (χ0v) is 10.1. The molecule has 1 aromatic rings. The number of nitrogens with zero attached hydrogens (tertiary/aromatic N) is 1. The van der Waals surface area contributed by atoms with E-state index in [4.69, 9.17) is 4.74 Å². The molecule has 0 amide bonds. The highest BCUT2D eigenvalue weighted by Gasteiger charge is 2.09. The number of non-ortho nitro benzene ring substituents is 1. The molecule has 0 saturated carbocycles. The molecule has 0 N–H and O–H groups in total. The first-order valence-corrected chi connectivity index (χ1v) is 5.23. The SMILES string of the molecule is O=C(OCC#CI)c1ccc([N+](=O)[O-])cc1. The van der Waals surface area contributed by atoms with Crippen LogP contribution in [-0.4, -0.2) is 17.5 Å². The Hall–Kier alpha value is -1.62. The van der Waals surface area contributed by atoms with Crippen molar-refractivity contribution in [2.75, 3.05) is 6.61 Å². The third kappa shape index (κ3) is 3.51. The highest BCUT2D eigenvalue weighted by molar-refractivity contribution is 14.1. The molecule has 0 aromatic heterocycles. The van der Waals surface area contributed by atoms with Gasteiger partial charge in [0, 0.05) is 34.7 Å². The van der Waals surface area contributed by atoms with Gasteiger partial charge in [0.2, 0.25) is 0 Å². The van der Waals surface area contributed by atoms with Crippen molar-refractivity contribution in [3.63, 3.8) is 0 Å². The molecule has 0 spiro atoms. The Morgan fingerprint density at radius 1 is 1.44 bits per heavy atom. The summed E-state index contributed by atoms with van der Waals surface area (Å²) in [6, 6.07) is 5.19. The zero-order chi connectivity index (χ0) is 12.0. The van der Waals surface area contributed by atoms with Gasteiger partial charge in [0.1, 0.15) is 0 Å². The van der Waals surface area contributed by atoms with Gasteiger partial charge in [0.25, 0.3) is 5.69 Å². The number of esters is 1. The molecule has 0 aliphatic carbocycles. The molecular weight excluding hydrogens is 325 g/mol. The Balaban J connectivity index is 2.69. The van der Waals surface area contributed by atoms with Crippen molar-refractivity contribution in [2.45, 2.75) is 0 Å². The fourth-order valence-corrected chi connectivity index (χ4v) is 1.09. The monoisotopic (exact) mass is 331 g/mol. The molecule has 5 nitrogen and oxygen atoms in total. The van der Waals surface area contributed by atoms with E-state index in [1.54, 1.807) is 0 Å². The number of hydrogen-bond acceptors (Lipinski definition) is 4. The Bertz CT molecular complexity index is 458. The lowest BCUT2D eigenvalue weighted by Crippen LogP contribution is -2.05. The first-order chi connectivity index (χ1) is 7.65. The van der Waals surface area contributed by atoms with Gasteiger partial charge in [-0.3, -0.25) is 10.1 Å². The van der Waals surface area contributed by atoms with E-state index in [-0.39, 0.29) is 17.9 Å². The number of nitro groups is 1. The summed E-state index contributed by atoms with van der Waals surface area (Å²) in [6.45, 7) is 0.0127. The van der Waals surface area contributed by atoms with Crippen LogP contribution in [0.5, 0.6) is 0 Å². The normalized spacial score (nSPS) is 8.81. The minimum Gasteiger partial charge on any atom is -0.449 e. The lowest BCUT2D eigenvalue weighted by atomic mass is 10.2. The summed E-state index contributed by atoms with van der Waals surface area (Å²) in [4.78, 5) is 21.2. The molecule has 1 rings (SSSR count). The van der Waals surface area contributed by atoms with Gasteiger partial charge in [-0.15, -0.1) is 0 Å². The molecule has 6 heteroatoms. The van der Waals surface area contributed by atoms with Gasteiger partial charge in [-0.1, -0.05) is 5.92 Å². The van der Waals surface area contributed by atoms with Crippen molar-refractivity contribution in [1.82, 2.24) is 0 Å². The second-order valence-corrected chi connectivity index (χ2v) is 3.19. The number of ether oxygens (including phenoxy) is 1. The molecule has 0 bridgehead atoms. The Kier molecular flexibility index (Phi) is 4.72. The number of nitro benzene ring substituents is 1. The third-order valence-electron chi connectivity index (χ3n) is 1.66. The standard InChI is InChI=1S/C10H6INO4/c11-6-1-7-16-10(13)8-2-4-9(5-3-8)12(14)15/h2-5H,7H2. The third-order valence-corrected chi connectivity index (χ3v) is 2.04. The molecule has 0 aliphatic rings. The molecule has 0 saturated heterocycles. The maximum atomic E-state index is 11.3. The second-order valence-electron chi connectivity index (χ2n) is 2.65. The molecule has 0 aliphatic heterocycles. The number of hydrogen-bond donors (Lipinski definition) is 0. The first kappa shape index (κ1) is 12.4. The molecule has 0 unspecified atom stereocenters. The number of carbonyl (C=O) groups excluding carboxylic acids is 1. The molecule has 82 valence electrons. The summed E-state index contributed by atoms with van der Waals surface area (Å²) in [7, 11) is 0. The molecule has 1 aromatic carbocycles. The number of carbonyl (C=O) groups is 1. The topological polar surface area (TPSA) is 69.4 Å². The largest absolute Gasteiger partial charge is 0.449 e. The van der Waals surface area contributed by atoms with E-state index in [9.17, 15) is 14.9 Å². The Morgan fingerprint density at radius 3 is 2.56 bits per heavy atom. The summed E-state index contributed by atoms with van der Waals surface area (Å²) >= 11 is 1.83. The predicted molar refractivity (Wildman–Crippen MR) is 65.2 cm³/mol. The lowest BCUT2D eigenvalue weighted by molar-refractivity contribution is -0.384. The van der Waals surface area contributed by atoms with E-state index < -0.39 is 10.9 Å². The van der Waals surface area contributed by atoms with Crippen molar-refractivity contribution in [3.8, 4) is 9.85 Å². The van der Waals surface area contributed by atoms with E-state index in [1.807, 2.05) is 22.6 Å². The van der Waals surface area contributed by atoms with Crippen molar-refractivity contribution in [2.24, 2.45) is 0 Å². The number of rotatable bonds is 3. The van der Waals surface area contributed by atoms with Crippen molar-refractivity contribution in [1.29, 1.82) is 0 Å². The van der Waals surface area contributed by atoms with Crippen LogP contribution in [0.4, 0.5) is 5.69 Å². The Labute approximate surface area is 105 Å². The van der Waals surface area contributed by atoms with Crippen molar-refractivity contribution < 1.29 is 14.5 Å². The zero-order valence-electron chi connectivity index (χ0n) is 7.97. The van der Waals surface area contributed by atoms with Gasteiger partial charge in [0.05, 0.1) is 10.5 Å². The fraction of sp³-hybridized carbons (Fsp3) is 0.100. The van der Waals surface area contributed by atoms with E-state index in [0.717, 1.165) is 0 Å². The predicted octanol–water partition coefficient (Wildman–Crippen LogP) is 2.15. The summed E-state index contributed by atoms with van der Waals surface area (Å²) in [6.07, 6.45) is 0. The minimum absolute atomic E-state index is 0.0127. The average Bonchev–Trinajstić information content (AvgIpc) is 2.29. The van der Waals surface area contributed by atoms with Gasteiger partial charge in [0.15, 0.2) is 6.61 Å². The van der Waals surface area contributed by atoms with Gasteiger partial charge in [-0.05, 0) is 16.1 Å². The van der Waals surface area contributed by atoms with Crippen LogP contribution in [0.2, 0.25) is 0 Å². The van der Waals surface area contributed by atoms with Crippen molar-refractivity contribution in [3.05, 3.63) is 39.9 Å². The summed E-state index contributed by atoms with van der Waals surface area (Å²) < 4.78 is 7.33. The van der Waals surface area contributed by atoms with Crippen LogP contribution in [0.3, 0.4) is 0 Å². The van der Waals surface area contributed by atoms with Gasteiger partial charge < -0.3 is 4.74 Å². The van der Waals surface area contributed by atoms with Crippen LogP contribution in [0.25, 0.3) is 0 Å². The lowest BCUT2D eigenvalue weighted by Gasteiger charge is -1.99. The van der Waals surface area contributed by atoms with E-state index in [0.29, 0.717) is 0 Å². The van der Waals surface area contributed by atoms with Crippen LogP contribution in [0, 0.1) is 20.0 Å². The van der Waals surface area contributed by atoms with E-state index >= 15 is 0 Å².